The molecule has 1 aromatic carbocycles. The first-order chi connectivity index (χ1) is 26.4. The fourth-order valence-electron chi connectivity index (χ4n) is 6.33. The van der Waals surface area contributed by atoms with Gasteiger partial charge in [-0.2, -0.15) is 0 Å². The van der Waals surface area contributed by atoms with Crippen molar-refractivity contribution in [1.82, 2.24) is 36.4 Å². The number of carbonyl (C=O) groups is 9. The molecule has 2 saturated heterocycles. The molecule has 2 aliphatic heterocycles. The lowest BCUT2D eigenvalue weighted by Crippen LogP contribution is -2.60. The minimum absolute atomic E-state index is 0.167. The Labute approximate surface area is 322 Å². The van der Waals surface area contributed by atoms with Gasteiger partial charge >= 0.3 is 5.97 Å². The van der Waals surface area contributed by atoms with Crippen LogP contribution < -0.4 is 38.1 Å². The number of rotatable bonds is 19. The van der Waals surface area contributed by atoms with Crippen LogP contribution in [0, 0.1) is 0 Å². The van der Waals surface area contributed by atoms with Crippen molar-refractivity contribution in [1.29, 1.82) is 0 Å². The van der Waals surface area contributed by atoms with Gasteiger partial charge in [0.15, 0.2) is 0 Å². The number of hydrogen-bond acceptors (Lipinski definition) is 12. The van der Waals surface area contributed by atoms with Gasteiger partial charge in [-0.1, -0.05) is 30.3 Å². The van der Waals surface area contributed by atoms with E-state index >= 15 is 0 Å². The third kappa shape index (κ3) is 12.7. The van der Waals surface area contributed by atoms with Crippen LogP contribution in [0.15, 0.2) is 30.3 Å². The molecule has 21 nitrogen and oxygen atoms in total. The summed E-state index contributed by atoms with van der Waals surface area (Å²) in [6.45, 7) is 1.62. The van der Waals surface area contributed by atoms with Crippen molar-refractivity contribution in [3.8, 4) is 0 Å². The summed E-state index contributed by atoms with van der Waals surface area (Å²) in [5, 5.41) is 41.3. The van der Waals surface area contributed by atoms with Crippen molar-refractivity contribution < 1.29 is 58.5 Å². The van der Waals surface area contributed by atoms with E-state index in [1.54, 1.807) is 30.3 Å². The SMILES string of the molecule is C[C@@H](O)[C@H](N)C(=O)N1CCC[C@H]1C(=O)NCC(=O)N[C@@H](CC(N)=O)C(=O)N[C@@H](Cc1ccccc1)C(=O)N[C@H](C(=O)NCC(=O)N1CCC[C@H]1C(=O)O)[C@@H](C)O. The number of carboxylic acids is 1. The van der Waals surface area contributed by atoms with Crippen molar-refractivity contribution >= 4 is 53.2 Å². The average molecular weight is 790 g/mol. The van der Waals surface area contributed by atoms with E-state index in [9.17, 15) is 58.5 Å². The maximum atomic E-state index is 13.7. The van der Waals surface area contributed by atoms with Crippen molar-refractivity contribution in [2.75, 3.05) is 26.2 Å². The zero-order valence-electron chi connectivity index (χ0n) is 31.1. The molecule has 8 amide bonds. The number of aliphatic hydroxyl groups excluding tert-OH is 2. The van der Waals surface area contributed by atoms with E-state index in [2.05, 4.69) is 26.6 Å². The van der Waals surface area contributed by atoms with E-state index < -0.39 is 121 Å². The van der Waals surface area contributed by atoms with Crippen LogP contribution in [0.1, 0.15) is 51.5 Å². The molecule has 12 N–H and O–H groups in total. The van der Waals surface area contributed by atoms with Crippen LogP contribution in [0.5, 0.6) is 0 Å². The average Bonchev–Trinajstić information content (AvgIpc) is 3.85. The van der Waals surface area contributed by atoms with Gasteiger partial charge in [0.1, 0.15) is 36.3 Å². The number of amides is 8. The van der Waals surface area contributed by atoms with Crippen LogP contribution >= 0.6 is 0 Å². The summed E-state index contributed by atoms with van der Waals surface area (Å²) in [6, 6.07) is 0.300. The Balaban J connectivity index is 1.69. The molecule has 3 rings (SSSR count). The Bertz CT molecular complexity index is 1630. The number of carbonyl (C=O) groups excluding carboxylic acids is 8. The molecule has 0 spiro atoms. The zero-order chi connectivity index (χ0) is 41.7. The highest BCUT2D eigenvalue weighted by atomic mass is 16.4. The minimum Gasteiger partial charge on any atom is -0.480 e. The summed E-state index contributed by atoms with van der Waals surface area (Å²) in [5.74, 6) is -8.12. The Morgan fingerprint density at radius 2 is 1.38 bits per heavy atom. The van der Waals surface area contributed by atoms with Gasteiger partial charge in [0.25, 0.3) is 0 Å². The molecular weight excluding hydrogens is 738 g/mol. The fraction of sp³-hybridized carbons (Fsp3) is 0.571. The van der Waals surface area contributed by atoms with Gasteiger partial charge in [-0.05, 0) is 45.1 Å². The third-order valence-corrected chi connectivity index (χ3v) is 9.37. The summed E-state index contributed by atoms with van der Waals surface area (Å²) in [5.41, 5.74) is 11.6. The Morgan fingerprint density at radius 1 is 0.768 bits per heavy atom. The molecule has 0 radical (unpaired) electrons. The minimum atomic E-state index is -1.64. The summed E-state index contributed by atoms with van der Waals surface area (Å²) < 4.78 is 0. The van der Waals surface area contributed by atoms with Gasteiger partial charge in [0.2, 0.25) is 47.3 Å². The Morgan fingerprint density at radius 3 is 1.96 bits per heavy atom. The molecule has 1 aromatic rings. The molecular formula is C35H51N9O12. The normalized spacial score (nSPS) is 19.7. The Kier molecular flexibility index (Phi) is 16.7. The molecule has 8 atom stereocenters. The predicted octanol–water partition coefficient (Wildman–Crippen LogP) is -5.05. The number of aliphatic carboxylic acids is 1. The van der Waals surface area contributed by atoms with E-state index in [1.165, 1.54) is 18.7 Å². The molecule has 56 heavy (non-hydrogen) atoms. The first kappa shape index (κ1) is 44.7. The third-order valence-electron chi connectivity index (χ3n) is 9.37. The van der Waals surface area contributed by atoms with E-state index in [1.807, 2.05) is 0 Å². The lowest BCUT2D eigenvalue weighted by molar-refractivity contribution is -0.148. The number of carboxylic acid groups (broad SMARTS) is 1. The summed E-state index contributed by atoms with van der Waals surface area (Å²) in [6.07, 6.45) is -2.12. The molecule has 0 aliphatic carbocycles. The number of primary amides is 1. The molecule has 0 aromatic heterocycles. The maximum Gasteiger partial charge on any atom is 0.326 e. The van der Waals surface area contributed by atoms with E-state index in [-0.39, 0.29) is 32.4 Å². The van der Waals surface area contributed by atoms with Gasteiger partial charge < -0.3 is 63.2 Å². The quantitative estimate of drug-likeness (QED) is 0.0628. The van der Waals surface area contributed by atoms with Crippen molar-refractivity contribution in [3.05, 3.63) is 35.9 Å². The smallest absolute Gasteiger partial charge is 0.326 e. The van der Waals surface area contributed by atoms with Gasteiger partial charge in [0, 0.05) is 19.5 Å². The van der Waals surface area contributed by atoms with Gasteiger partial charge in [-0.15, -0.1) is 0 Å². The first-order valence-corrected chi connectivity index (χ1v) is 18.1. The van der Waals surface area contributed by atoms with E-state index in [0.29, 0.717) is 18.4 Å². The molecule has 308 valence electrons. The highest BCUT2D eigenvalue weighted by molar-refractivity contribution is 5.98. The summed E-state index contributed by atoms with van der Waals surface area (Å²) in [7, 11) is 0. The largest absolute Gasteiger partial charge is 0.480 e. The standard InChI is InChI=1S/C35H51N9O12/c1-18(45)28(37)34(54)44-13-6-10-23(44)32(52)38-16-26(48)40-22(15-25(36)47)30(50)41-21(14-20-8-4-3-5-9-20)31(51)42-29(19(2)46)33(53)39-17-27(49)43-12-7-11-24(43)35(55)56/h3-5,8-9,18-19,21-24,28-29,45-46H,6-7,10-17,37H2,1-2H3,(H2,36,47)(H,38,52)(H,39,53)(H,40,48)(H,41,50)(H,42,51)(H,55,56)/t18-,19-,21+,22+,23+,24+,28+,29+/m1/s1. The van der Waals surface area contributed by atoms with Crippen LogP contribution in [0.25, 0.3) is 0 Å². The second-order valence-corrected chi connectivity index (χ2v) is 13.7. The van der Waals surface area contributed by atoms with Crippen molar-refractivity contribution in [2.45, 2.75) is 101 Å². The maximum absolute atomic E-state index is 13.7. The first-order valence-electron chi connectivity index (χ1n) is 18.1. The fourth-order valence-corrected chi connectivity index (χ4v) is 6.33. The number of benzene rings is 1. The number of nitrogens with one attached hydrogen (secondary N) is 5. The highest BCUT2D eigenvalue weighted by Gasteiger charge is 2.38. The van der Waals surface area contributed by atoms with Crippen LogP contribution in [0.2, 0.25) is 0 Å². The number of likely N-dealkylation sites (tertiary alicyclic amines) is 2. The number of nitrogens with two attached hydrogens (primary N) is 2. The van der Waals surface area contributed by atoms with Crippen LogP contribution in [-0.4, -0.2) is 153 Å². The van der Waals surface area contributed by atoms with Crippen LogP contribution in [-0.2, 0) is 49.6 Å². The van der Waals surface area contributed by atoms with Crippen molar-refractivity contribution in [2.24, 2.45) is 11.5 Å². The molecule has 2 aliphatic rings. The van der Waals surface area contributed by atoms with Gasteiger partial charge in [-0.3, -0.25) is 38.4 Å². The summed E-state index contributed by atoms with van der Waals surface area (Å²) >= 11 is 0. The topological polar surface area (TPSA) is 333 Å². The van der Waals surface area contributed by atoms with Gasteiger partial charge in [0.05, 0.1) is 31.7 Å². The van der Waals surface area contributed by atoms with Gasteiger partial charge in [-0.25, -0.2) is 4.79 Å². The molecule has 21 heteroatoms. The second kappa shape index (κ2) is 20.9. The molecule has 0 saturated carbocycles. The van der Waals surface area contributed by atoms with Crippen molar-refractivity contribution in [3.63, 3.8) is 0 Å². The number of hydrogen-bond donors (Lipinski definition) is 10. The van der Waals surface area contributed by atoms with E-state index in [4.69, 9.17) is 11.5 Å². The molecule has 2 fully saturated rings. The number of nitrogens with zero attached hydrogens (tertiary/aromatic N) is 2. The highest BCUT2D eigenvalue weighted by Crippen LogP contribution is 2.19. The lowest BCUT2D eigenvalue weighted by atomic mass is 10.0. The molecule has 0 unspecified atom stereocenters. The van der Waals surface area contributed by atoms with Crippen LogP contribution in [0.4, 0.5) is 0 Å². The molecule has 0 bridgehead atoms. The zero-order valence-corrected chi connectivity index (χ0v) is 31.1. The van der Waals surface area contributed by atoms with E-state index in [0.717, 1.165) is 4.90 Å². The Hall–Kier alpha value is -5.67. The summed E-state index contributed by atoms with van der Waals surface area (Å²) in [4.78, 5) is 117. The van der Waals surface area contributed by atoms with Crippen LogP contribution in [0.3, 0.4) is 0 Å². The predicted molar refractivity (Wildman–Crippen MR) is 194 cm³/mol. The second-order valence-electron chi connectivity index (χ2n) is 13.7. The lowest BCUT2D eigenvalue weighted by Gasteiger charge is -2.28. The molecule has 2 heterocycles. The number of aliphatic hydroxyl groups is 2. The monoisotopic (exact) mass is 789 g/mol.